The lowest BCUT2D eigenvalue weighted by Gasteiger charge is -2.06. The second-order valence-corrected chi connectivity index (χ2v) is 5.38. The molecule has 0 fully saturated rings. The number of rotatable bonds is 5. The predicted octanol–water partition coefficient (Wildman–Crippen LogP) is 3.64. The number of nitrogens with zero attached hydrogens (tertiary/aromatic N) is 1. The third-order valence-corrected chi connectivity index (χ3v) is 3.61. The molecule has 0 bridgehead atoms. The summed E-state index contributed by atoms with van der Waals surface area (Å²) in [5, 5.41) is 9.10. The van der Waals surface area contributed by atoms with Crippen LogP contribution in [0.25, 0.3) is 6.08 Å². The summed E-state index contributed by atoms with van der Waals surface area (Å²) in [6, 6.07) is 16.1. The van der Waals surface area contributed by atoms with E-state index in [0.29, 0.717) is 11.1 Å². The lowest BCUT2D eigenvalue weighted by Crippen LogP contribution is -2.15. The van der Waals surface area contributed by atoms with Crippen molar-refractivity contribution in [3.63, 3.8) is 0 Å². The number of hydrogen-bond acceptors (Lipinski definition) is 4. The Labute approximate surface area is 141 Å². The summed E-state index contributed by atoms with van der Waals surface area (Å²) < 4.78 is 4.97. The second-order valence-electron chi connectivity index (χ2n) is 5.38. The van der Waals surface area contributed by atoms with Crippen LogP contribution in [0.4, 0.5) is 0 Å². The summed E-state index contributed by atoms with van der Waals surface area (Å²) >= 11 is 0. The predicted molar refractivity (Wildman–Crippen MR) is 91.2 cm³/mol. The highest BCUT2D eigenvalue weighted by atomic mass is 16.5. The van der Waals surface area contributed by atoms with Gasteiger partial charge < -0.3 is 4.74 Å². The van der Waals surface area contributed by atoms with E-state index in [1.807, 2.05) is 26.0 Å². The molecular weight excluding hydrogens is 302 g/mol. The van der Waals surface area contributed by atoms with Crippen molar-refractivity contribution in [2.24, 2.45) is 0 Å². The van der Waals surface area contributed by atoms with Crippen molar-refractivity contribution < 1.29 is 14.3 Å². The maximum atomic E-state index is 12.1. The minimum absolute atomic E-state index is 0.144. The van der Waals surface area contributed by atoms with Crippen LogP contribution in [0.5, 0.6) is 0 Å². The normalized spacial score (nSPS) is 10.8. The summed E-state index contributed by atoms with van der Waals surface area (Å²) in [6.45, 7) is 3.47. The molecule has 2 aromatic carbocycles. The zero-order valence-electron chi connectivity index (χ0n) is 13.6. The molecule has 0 saturated heterocycles. The van der Waals surface area contributed by atoms with Crippen LogP contribution in [0.3, 0.4) is 0 Å². The van der Waals surface area contributed by atoms with E-state index in [1.165, 1.54) is 6.08 Å². The molecule has 0 aromatic heterocycles. The molecule has 0 aliphatic rings. The van der Waals surface area contributed by atoms with Crippen LogP contribution in [-0.4, -0.2) is 18.4 Å². The standard InChI is InChI=1S/C20H17NO3/c1-14-8-9-17(10-15(14)2)19(22)13-24-20(23)18(12-21)11-16-6-4-3-5-7-16/h3-11H,13H2,1-2H3/b18-11+. The minimum atomic E-state index is -0.807. The summed E-state index contributed by atoms with van der Waals surface area (Å²) in [5.41, 5.74) is 3.13. The van der Waals surface area contributed by atoms with Gasteiger partial charge in [0.2, 0.25) is 0 Å². The number of ether oxygens (including phenoxy) is 1. The van der Waals surface area contributed by atoms with Crippen LogP contribution in [0.15, 0.2) is 54.1 Å². The molecule has 0 unspecified atom stereocenters. The fraction of sp³-hybridized carbons (Fsp3) is 0.150. The van der Waals surface area contributed by atoms with Gasteiger partial charge in [-0.1, -0.05) is 42.5 Å². The molecule has 120 valence electrons. The Hall–Kier alpha value is -3.19. The monoisotopic (exact) mass is 319 g/mol. The van der Waals surface area contributed by atoms with Crippen molar-refractivity contribution in [2.75, 3.05) is 6.61 Å². The number of carbonyl (C=O) groups excluding carboxylic acids is 2. The van der Waals surface area contributed by atoms with Gasteiger partial charge in [0.1, 0.15) is 11.6 Å². The van der Waals surface area contributed by atoms with E-state index < -0.39 is 12.6 Å². The van der Waals surface area contributed by atoms with Gasteiger partial charge in [0.05, 0.1) is 0 Å². The minimum Gasteiger partial charge on any atom is -0.453 e. The van der Waals surface area contributed by atoms with E-state index in [-0.39, 0.29) is 11.4 Å². The van der Waals surface area contributed by atoms with Gasteiger partial charge in [0.25, 0.3) is 0 Å². The number of nitriles is 1. The van der Waals surface area contributed by atoms with Crippen LogP contribution in [0, 0.1) is 25.2 Å². The zero-order valence-corrected chi connectivity index (χ0v) is 13.6. The van der Waals surface area contributed by atoms with Crippen LogP contribution < -0.4 is 0 Å². The highest BCUT2D eigenvalue weighted by molar-refractivity contribution is 6.02. The quantitative estimate of drug-likeness (QED) is 0.365. The Morgan fingerprint density at radius 1 is 1.08 bits per heavy atom. The number of ketones is 1. The maximum absolute atomic E-state index is 12.1. The largest absolute Gasteiger partial charge is 0.453 e. The van der Waals surface area contributed by atoms with Crippen molar-refractivity contribution in [2.45, 2.75) is 13.8 Å². The van der Waals surface area contributed by atoms with Crippen molar-refractivity contribution in [1.82, 2.24) is 0 Å². The molecule has 0 aliphatic carbocycles. The van der Waals surface area contributed by atoms with Gasteiger partial charge >= 0.3 is 5.97 Å². The average molecular weight is 319 g/mol. The van der Waals surface area contributed by atoms with Gasteiger partial charge in [0, 0.05) is 5.56 Å². The topological polar surface area (TPSA) is 67.2 Å². The molecule has 0 saturated carbocycles. The highest BCUT2D eigenvalue weighted by Crippen LogP contribution is 2.11. The van der Waals surface area contributed by atoms with Crippen molar-refractivity contribution >= 4 is 17.8 Å². The van der Waals surface area contributed by atoms with Crippen molar-refractivity contribution in [1.29, 1.82) is 5.26 Å². The Morgan fingerprint density at radius 2 is 1.79 bits per heavy atom. The number of aryl methyl sites for hydroxylation is 2. The molecular formula is C20H17NO3. The number of hydrogen-bond donors (Lipinski definition) is 0. The third-order valence-electron chi connectivity index (χ3n) is 3.61. The lowest BCUT2D eigenvalue weighted by atomic mass is 10.0. The number of Topliss-reactive ketones (excluding diaryl/α,β-unsaturated/α-hetero) is 1. The summed E-state index contributed by atoms with van der Waals surface area (Å²) in [6.07, 6.45) is 1.43. The summed E-state index contributed by atoms with van der Waals surface area (Å²) in [5.74, 6) is -1.11. The average Bonchev–Trinajstić information content (AvgIpc) is 2.60. The van der Waals surface area contributed by atoms with Crippen LogP contribution in [0.1, 0.15) is 27.0 Å². The summed E-state index contributed by atoms with van der Waals surface area (Å²) in [7, 11) is 0. The Balaban J connectivity index is 2.03. The van der Waals surface area contributed by atoms with Gasteiger partial charge in [-0.25, -0.2) is 4.79 Å². The van der Waals surface area contributed by atoms with Crippen LogP contribution >= 0.6 is 0 Å². The number of benzene rings is 2. The fourth-order valence-corrected chi connectivity index (χ4v) is 2.06. The first kappa shape index (κ1) is 17.2. The molecule has 2 rings (SSSR count). The molecule has 0 atom stereocenters. The molecule has 0 N–H and O–H groups in total. The van der Waals surface area contributed by atoms with E-state index in [1.54, 1.807) is 42.5 Å². The molecule has 0 spiro atoms. The third kappa shape index (κ3) is 4.40. The molecule has 24 heavy (non-hydrogen) atoms. The fourth-order valence-electron chi connectivity index (χ4n) is 2.06. The molecule has 0 radical (unpaired) electrons. The Morgan fingerprint density at radius 3 is 2.42 bits per heavy atom. The van der Waals surface area contributed by atoms with E-state index in [0.717, 1.165) is 11.1 Å². The zero-order chi connectivity index (χ0) is 17.5. The van der Waals surface area contributed by atoms with E-state index in [4.69, 9.17) is 10.00 Å². The van der Waals surface area contributed by atoms with Gasteiger partial charge in [-0.3, -0.25) is 4.79 Å². The molecule has 4 heteroatoms. The van der Waals surface area contributed by atoms with Crippen molar-refractivity contribution in [3.05, 3.63) is 76.4 Å². The molecule has 2 aromatic rings. The smallest absolute Gasteiger partial charge is 0.349 e. The van der Waals surface area contributed by atoms with E-state index in [2.05, 4.69) is 0 Å². The van der Waals surface area contributed by atoms with Gasteiger partial charge in [0.15, 0.2) is 12.4 Å². The van der Waals surface area contributed by atoms with E-state index in [9.17, 15) is 9.59 Å². The first-order valence-corrected chi connectivity index (χ1v) is 7.45. The van der Waals surface area contributed by atoms with Gasteiger partial charge in [-0.05, 0) is 42.7 Å². The molecule has 4 nitrogen and oxygen atoms in total. The Kier molecular flexibility index (Phi) is 5.64. The van der Waals surface area contributed by atoms with E-state index >= 15 is 0 Å². The lowest BCUT2D eigenvalue weighted by molar-refractivity contribution is -0.137. The maximum Gasteiger partial charge on any atom is 0.349 e. The Bertz CT molecular complexity index is 830. The number of carbonyl (C=O) groups is 2. The van der Waals surface area contributed by atoms with Gasteiger partial charge in [-0.15, -0.1) is 0 Å². The SMILES string of the molecule is Cc1ccc(C(=O)COC(=O)/C(C#N)=C/c2ccccc2)cc1C. The summed E-state index contributed by atoms with van der Waals surface area (Å²) in [4.78, 5) is 24.1. The number of esters is 1. The highest BCUT2D eigenvalue weighted by Gasteiger charge is 2.14. The van der Waals surface area contributed by atoms with Crippen LogP contribution in [0.2, 0.25) is 0 Å². The molecule has 0 aliphatic heterocycles. The van der Waals surface area contributed by atoms with Crippen molar-refractivity contribution in [3.8, 4) is 6.07 Å². The van der Waals surface area contributed by atoms with Gasteiger partial charge in [-0.2, -0.15) is 5.26 Å². The molecule has 0 heterocycles. The molecule has 0 amide bonds. The first-order chi connectivity index (χ1) is 11.5. The first-order valence-electron chi connectivity index (χ1n) is 7.45. The van der Waals surface area contributed by atoms with Crippen LogP contribution in [-0.2, 0) is 9.53 Å². The second kappa shape index (κ2) is 7.89.